The highest BCUT2D eigenvalue weighted by Crippen LogP contribution is 2.32. The van der Waals surface area contributed by atoms with Gasteiger partial charge in [0.15, 0.2) is 0 Å². The number of aromatic nitrogens is 2. The lowest BCUT2D eigenvalue weighted by Gasteiger charge is -2.33. The number of benzene rings is 1. The first-order valence-corrected chi connectivity index (χ1v) is 9.10. The third-order valence-electron chi connectivity index (χ3n) is 5.01. The molecule has 1 saturated heterocycles. The van der Waals surface area contributed by atoms with E-state index in [9.17, 15) is 0 Å². The van der Waals surface area contributed by atoms with Gasteiger partial charge in [0.25, 0.3) is 0 Å². The summed E-state index contributed by atoms with van der Waals surface area (Å²) in [5.41, 5.74) is 16.2. The molecule has 1 aromatic carbocycles. The summed E-state index contributed by atoms with van der Waals surface area (Å²) >= 11 is 0. The number of anilines is 4. The number of nitrogens with two attached hydrogens (primary N) is 2. The number of fused-ring (bicyclic) bond motifs is 1. The summed E-state index contributed by atoms with van der Waals surface area (Å²) in [6, 6.07) is 7.50. The first-order valence-electron chi connectivity index (χ1n) is 9.10. The summed E-state index contributed by atoms with van der Waals surface area (Å²) in [4.78, 5) is 11.8. The molecule has 1 atom stereocenters. The zero-order valence-electron chi connectivity index (χ0n) is 15.5. The number of rotatable bonds is 3. The van der Waals surface area contributed by atoms with Crippen molar-refractivity contribution in [3.05, 3.63) is 35.0 Å². The Labute approximate surface area is 177 Å². The highest BCUT2D eigenvalue weighted by Gasteiger charge is 2.26. The lowest BCUT2D eigenvalue weighted by Crippen LogP contribution is -2.43. The van der Waals surface area contributed by atoms with Crippen LogP contribution in [0.4, 0.5) is 23.1 Å². The maximum atomic E-state index is 9.14. The van der Waals surface area contributed by atoms with E-state index in [1.807, 2.05) is 0 Å². The molecule has 2 heterocycles. The molecule has 150 valence electrons. The van der Waals surface area contributed by atoms with E-state index < -0.39 is 0 Å². The maximum Gasteiger partial charge on any atom is 0.229 e. The molecular weight excluding hydrogens is 397 g/mol. The fourth-order valence-electron chi connectivity index (χ4n) is 3.85. The van der Waals surface area contributed by atoms with Crippen molar-refractivity contribution in [1.82, 2.24) is 9.97 Å². The average molecular weight is 422 g/mol. The summed E-state index contributed by atoms with van der Waals surface area (Å²) < 4.78 is 0. The van der Waals surface area contributed by atoms with Crippen LogP contribution in [0.15, 0.2) is 18.2 Å². The first-order chi connectivity index (χ1) is 12.6. The van der Waals surface area contributed by atoms with Crippen LogP contribution in [-0.2, 0) is 12.8 Å². The van der Waals surface area contributed by atoms with E-state index in [-0.39, 0.29) is 30.9 Å². The largest absolute Gasteiger partial charge is 0.399 e. The molecule has 1 fully saturated rings. The second-order valence-electron chi connectivity index (χ2n) is 7.08. The van der Waals surface area contributed by atoms with Gasteiger partial charge in [0.05, 0.1) is 17.3 Å². The lowest BCUT2D eigenvalue weighted by atomic mass is 10.1. The van der Waals surface area contributed by atoms with Gasteiger partial charge in [-0.05, 0) is 50.3 Å². The molecule has 0 bridgehead atoms. The Bertz CT molecular complexity index is 881. The summed E-state index contributed by atoms with van der Waals surface area (Å²) in [5.74, 6) is 1.56. The average Bonchev–Trinajstić information content (AvgIpc) is 3.09. The SMILES string of the molecule is Cl.Cl.N#Cc1cc(N)cc(Nc2nc3c(c(N4CCCC(N)C4)n2)CCC3)c1. The Balaban J connectivity index is 0.00000140. The minimum atomic E-state index is 0. The number of hydrogen-bond donors (Lipinski definition) is 3. The van der Waals surface area contributed by atoms with Crippen molar-refractivity contribution in [1.29, 1.82) is 5.26 Å². The molecule has 28 heavy (non-hydrogen) atoms. The van der Waals surface area contributed by atoms with Gasteiger partial charge in [-0.3, -0.25) is 0 Å². The Kier molecular flexibility index (Phi) is 7.30. The predicted molar refractivity (Wildman–Crippen MR) is 117 cm³/mol. The topological polar surface area (TPSA) is 117 Å². The van der Waals surface area contributed by atoms with E-state index in [1.165, 1.54) is 5.56 Å². The summed E-state index contributed by atoms with van der Waals surface area (Å²) in [6.07, 6.45) is 5.25. The number of piperidine rings is 1. The van der Waals surface area contributed by atoms with Crippen LogP contribution < -0.4 is 21.7 Å². The van der Waals surface area contributed by atoms with Crippen molar-refractivity contribution in [2.45, 2.75) is 38.1 Å². The quantitative estimate of drug-likeness (QED) is 0.651. The Morgan fingerprint density at radius 2 is 1.96 bits per heavy atom. The Morgan fingerprint density at radius 1 is 1.14 bits per heavy atom. The molecule has 0 spiro atoms. The van der Waals surface area contributed by atoms with Crippen LogP contribution >= 0.6 is 24.8 Å². The zero-order chi connectivity index (χ0) is 18.1. The molecule has 0 radical (unpaired) electrons. The standard InChI is InChI=1S/C19H23N7.2ClH/c20-10-12-7-14(22)9-15(8-12)23-19-24-17-5-1-4-16(17)18(25-19)26-6-2-3-13(21)11-26;;/h7-9,13H,1-6,11,21-22H2,(H,23,24,25);2*1H. The van der Waals surface area contributed by atoms with Crippen LogP contribution in [0.25, 0.3) is 0 Å². The van der Waals surface area contributed by atoms with Gasteiger partial charge < -0.3 is 21.7 Å². The molecule has 5 N–H and O–H groups in total. The first kappa shape index (κ1) is 22.0. The van der Waals surface area contributed by atoms with Gasteiger partial charge in [-0.1, -0.05) is 0 Å². The molecular formula is C19H25Cl2N7. The summed E-state index contributed by atoms with van der Waals surface area (Å²) in [5, 5.41) is 12.4. The fourth-order valence-corrected chi connectivity index (χ4v) is 3.85. The summed E-state index contributed by atoms with van der Waals surface area (Å²) in [7, 11) is 0. The fraction of sp³-hybridized carbons (Fsp3) is 0.421. The third-order valence-corrected chi connectivity index (χ3v) is 5.01. The van der Waals surface area contributed by atoms with Crippen molar-refractivity contribution in [2.75, 3.05) is 29.0 Å². The van der Waals surface area contributed by atoms with E-state index in [1.54, 1.807) is 18.2 Å². The number of nitrogen functional groups attached to an aromatic ring is 1. The Hall–Kier alpha value is -2.27. The molecule has 1 aliphatic carbocycles. The van der Waals surface area contributed by atoms with Gasteiger partial charge in [-0.15, -0.1) is 24.8 Å². The predicted octanol–water partition coefficient (Wildman–Crippen LogP) is 2.93. The van der Waals surface area contributed by atoms with Crippen LogP contribution in [0.3, 0.4) is 0 Å². The summed E-state index contributed by atoms with van der Waals surface area (Å²) in [6.45, 7) is 1.81. The van der Waals surface area contributed by atoms with Crippen LogP contribution in [0.1, 0.15) is 36.1 Å². The molecule has 9 heteroatoms. The van der Waals surface area contributed by atoms with E-state index in [0.29, 0.717) is 17.2 Å². The van der Waals surface area contributed by atoms with Gasteiger partial charge in [0.2, 0.25) is 5.95 Å². The number of nitrogens with one attached hydrogen (secondary N) is 1. The number of hydrogen-bond acceptors (Lipinski definition) is 7. The third kappa shape index (κ3) is 4.58. The number of aryl methyl sites for hydroxylation is 1. The minimum Gasteiger partial charge on any atom is -0.399 e. The molecule has 1 unspecified atom stereocenters. The molecule has 0 amide bonds. The Morgan fingerprint density at radius 3 is 2.71 bits per heavy atom. The van der Waals surface area contributed by atoms with Crippen LogP contribution in [0.2, 0.25) is 0 Å². The van der Waals surface area contributed by atoms with Crippen LogP contribution in [-0.4, -0.2) is 29.1 Å². The molecule has 4 rings (SSSR count). The van der Waals surface area contributed by atoms with Gasteiger partial charge in [-0.2, -0.15) is 10.2 Å². The molecule has 1 aliphatic heterocycles. The van der Waals surface area contributed by atoms with Crippen molar-refractivity contribution < 1.29 is 0 Å². The molecule has 1 aromatic heterocycles. The van der Waals surface area contributed by atoms with Gasteiger partial charge in [0.1, 0.15) is 5.82 Å². The molecule has 7 nitrogen and oxygen atoms in total. The minimum absolute atomic E-state index is 0. The number of nitrogens with zero attached hydrogens (tertiary/aromatic N) is 4. The molecule has 2 aromatic rings. The molecule has 0 saturated carbocycles. The monoisotopic (exact) mass is 421 g/mol. The van der Waals surface area contributed by atoms with E-state index in [4.69, 9.17) is 26.7 Å². The maximum absolute atomic E-state index is 9.14. The highest BCUT2D eigenvalue weighted by molar-refractivity contribution is 5.85. The van der Waals surface area contributed by atoms with E-state index in [0.717, 1.165) is 62.4 Å². The highest BCUT2D eigenvalue weighted by atomic mass is 35.5. The lowest BCUT2D eigenvalue weighted by molar-refractivity contribution is 0.502. The smallest absolute Gasteiger partial charge is 0.229 e. The van der Waals surface area contributed by atoms with E-state index in [2.05, 4.69) is 16.3 Å². The van der Waals surface area contributed by atoms with Crippen LogP contribution in [0.5, 0.6) is 0 Å². The molecule has 2 aliphatic rings. The van der Waals surface area contributed by atoms with Gasteiger partial charge >= 0.3 is 0 Å². The van der Waals surface area contributed by atoms with Crippen molar-refractivity contribution in [3.8, 4) is 6.07 Å². The second-order valence-corrected chi connectivity index (χ2v) is 7.08. The zero-order valence-corrected chi connectivity index (χ0v) is 17.2. The van der Waals surface area contributed by atoms with E-state index >= 15 is 0 Å². The number of halogens is 2. The van der Waals surface area contributed by atoms with Gasteiger partial charge in [-0.25, -0.2) is 4.98 Å². The normalized spacial score (nSPS) is 17.7. The van der Waals surface area contributed by atoms with Crippen molar-refractivity contribution in [3.63, 3.8) is 0 Å². The van der Waals surface area contributed by atoms with Gasteiger partial charge in [0, 0.05) is 36.1 Å². The van der Waals surface area contributed by atoms with Crippen molar-refractivity contribution in [2.24, 2.45) is 5.73 Å². The second kappa shape index (κ2) is 9.28. The number of nitriles is 1. The van der Waals surface area contributed by atoms with Crippen molar-refractivity contribution >= 4 is 48.0 Å². The van der Waals surface area contributed by atoms with Crippen LogP contribution in [0, 0.1) is 11.3 Å².